The van der Waals surface area contributed by atoms with Crippen LogP contribution >= 0.6 is 39.0 Å². The Morgan fingerprint density at radius 3 is 2.62 bits per heavy atom. The number of ether oxygens (including phenoxy) is 2. The zero-order chi connectivity index (χ0) is 23.7. The number of hydrogen-bond donors (Lipinski definition) is 0. The molecule has 0 aliphatic carbocycles. The van der Waals surface area contributed by atoms with Gasteiger partial charge in [-0.25, -0.2) is 9.78 Å². The Bertz CT molecular complexity index is 1460. The molecule has 2 heterocycles. The fourth-order valence-electron chi connectivity index (χ4n) is 3.98. The summed E-state index contributed by atoms with van der Waals surface area (Å²) in [5.74, 6) is 0.873. The maximum Gasteiger partial charge on any atom is 0.340 e. The quantitative estimate of drug-likeness (QED) is 0.155. The Morgan fingerprint density at radius 1 is 1.12 bits per heavy atom. The van der Waals surface area contributed by atoms with E-state index < -0.39 is 0 Å². The van der Waals surface area contributed by atoms with Gasteiger partial charge in [0.1, 0.15) is 5.75 Å². The number of esters is 1. The molecule has 0 N–H and O–H groups in total. The van der Waals surface area contributed by atoms with E-state index in [1.165, 1.54) is 0 Å². The fraction of sp³-hybridized carbons (Fsp3) is 0.154. The number of fused-ring (bicyclic) bond motifs is 2. The third kappa shape index (κ3) is 4.21. The van der Waals surface area contributed by atoms with Crippen LogP contribution in [-0.4, -0.2) is 29.2 Å². The lowest BCUT2D eigenvalue weighted by atomic mass is 10.1. The Kier molecular flexibility index (Phi) is 6.63. The number of carbonyl (C=O) groups is 1. The molecule has 0 aliphatic heterocycles. The lowest BCUT2D eigenvalue weighted by Crippen LogP contribution is -2.09. The number of benzene rings is 3. The van der Waals surface area contributed by atoms with E-state index in [1.54, 1.807) is 30.2 Å². The fourth-order valence-corrected chi connectivity index (χ4v) is 6.55. The molecule has 0 amide bonds. The van der Waals surface area contributed by atoms with Crippen LogP contribution in [0.1, 0.15) is 23.0 Å². The number of aromatic nitrogens is 2. The normalized spacial score (nSPS) is 11.3. The standard InChI is InChI=1S/C26H21BrN2O3S2/c1-3-32-25(30)24-17-13-22(31-2)18(27)14-20(17)29(16-9-5-4-6-10-16)21(24)15-33-26-28-19-11-7-8-12-23(19)34-26/h4-14H,3,15H2,1-2H3. The van der Waals surface area contributed by atoms with Gasteiger partial charge < -0.3 is 14.0 Å². The van der Waals surface area contributed by atoms with Gasteiger partial charge in [-0.05, 0) is 59.3 Å². The molecule has 0 radical (unpaired) electrons. The molecule has 0 saturated heterocycles. The highest BCUT2D eigenvalue weighted by atomic mass is 79.9. The minimum Gasteiger partial charge on any atom is -0.496 e. The number of hydrogen-bond acceptors (Lipinski definition) is 6. The monoisotopic (exact) mass is 552 g/mol. The van der Waals surface area contributed by atoms with E-state index in [2.05, 4.69) is 26.6 Å². The molecule has 5 nitrogen and oxygen atoms in total. The zero-order valence-electron chi connectivity index (χ0n) is 18.6. The van der Waals surface area contributed by atoms with Crippen molar-refractivity contribution in [3.63, 3.8) is 0 Å². The number of rotatable bonds is 7. The van der Waals surface area contributed by atoms with Gasteiger partial charge in [0.25, 0.3) is 0 Å². The summed E-state index contributed by atoms with van der Waals surface area (Å²) < 4.78 is 16.1. The van der Waals surface area contributed by atoms with Gasteiger partial charge in [0.2, 0.25) is 0 Å². The van der Waals surface area contributed by atoms with Crippen LogP contribution < -0.4 is 4.74 Å². The maximum atomic E-state index is 13.3. The summed E-state index contributed by atoms with van der Waals surface area (Å²) in [7, 11) is 1.62. The van der Waals surface area contributed by atoms with Crippen LogP contribution in [0.25, 0.3) is 26.8 Å². The summed E-state index contributed by atoms with van der Waals surface area (Å²) in [6.45, 7) is 2.12. The molecule has 2 aromatic heterocycles. The van der Waals surface area contributed by atoms with Gasteiger partial charge >= 0.3 is 5.97 Å². The lowest BCUT2D eigenvalue weighted by Gasteiger charge is -2.12. The predicted octanol–water partition coefficient (Wildman–Crippen LogP) is 7.48. The van der Waals surface area contributed by atoms with E-state index >= 15 is 0 Å². The third-order valence-electron chi connectivity index (χ3n) is 5.44. The molecule has 0 fully saturated rings. The van der Waals surface area contributed by atoms with Crippen molar-refractivity contribution in [2.45, 2.75) is 17.0 Å². The first-order valence-corrected chi connectivity index (χ1v) is 13.3. The Labute approximate surface area is 213 Å². The average Bonchev–Trinajstić information content (AvgIpc) is 3.40. The van der Waals surface area contributed by atoms with Crippen molar-refractivity contribution in [1.29, 1.82) is 0 Å². The summed E-state index contributed by atoms with van der Waals surface area (Å²) >= 11 is 6.89. The van der Waals surface area contributed by atoms with Gasteiger partial charge in [-0.3, -0.25) is 0 Å². The van der Waals surface area contributed by atoms with E-state index in [4.69, 9.17) is 14.5 Å². The molecule has 3 aromatic carbocycles. The van der Waals surface area contributed by atoms with Crippen LogP contribution in [0.4, 0.5) is 0 Å². The molecule has 0 saturated carbocycles. The number of halogens is 1. The van der Waals surface area contributed by atoms with Gasteiger partial charge in [-0.1, -0.05) is 42.1 Å². The molecule has 172 valence electrons. The summed E-state index contributed by atoms with van der Waals surface area (Å²) in [5.41, 5.74) is 4.28. The van der Waals surface area contributed by atoms with Crippen LogP contribution in [0.5, 0.6) is 5.75 Å². The first-order chi connectivity index (χ1) is 16.6. The van der Waals surface area contributed by atoms with E-state index in [1.807, 2.05) is 67.6 Å². The molecule has 5 rings (SSSR count). The SMILES string of the molecule is CCOC(=O)c1c(CSc2nc3ccccc3s2)n(-c2ccccc2)c2cc(Br)c(OC)cc12. The Morgan fingerprint density at radius 2 is 1.88 bits per heavy atom. The Balaban J connectivity index is 1.71. The maximum absolute atomic E-state index is 13.3. The van der Waals surface area contributed by atoms with E-state index in [0.717, 1.165) is 41.3 Å². The molecule has 34 heavy (non-hydrogen) atoms. The third-order valence-corrected chi connectivity index (χ3v) is 8.25. The lowest BCUT2D eigenvalue weighted by molar-refractivity contribution is 0.0527. The smallest absolute Gasteiger partial charge is 0.340 e. The van der Waals surface area contributed by atoms with E-state index in [9.17, 15) is 4.79 Å². The number of thioether (sulfide) groups is 1. The number of methoxy groups -OCH3 is 1. The van der Waals surface area contributed by atoms with Crippen LogP contribution in [0, 0.1) is 0 Å². The number of nitrogens with zero attached hydrogens (tertiary/aromatic N) is 2. The highest BCUT2D eigenvalue weighted by Crippen LogP contribution is 2.40. The Hall–Kier alpha value is -2.81. The van der Waals surface area contributed by atoms with Gasteiger partial charge in [0.05, 0.1) is 39.5 Å². The molecule has 0 bridgehead atoms. The van der Waals surface area contributed by atoms with Crippen molar-refractivity contribution >= 4 is 66.1 Å². The van der Waals surface area contributed by atoms with Gasteiger partial charge in [0.15, 0.2) is 4.34 Å². The molecule has 0 spiro atoms. The van der Waals surface area contributed by atoms with Crippen LogP contribution in [0.3, 0.4) is 0 Å². The highest BCUT2D eigenvalue weighted by Gasteiger charge is 2.26. The van der Waals surface area contributed by atoms with Crippen molar-refractivity contribution in [1.82, 2.24) is 9.55 Å². The first-order valence-electron chi connectivity index (χ1n) is 10.7. The van der Waals surface area contributed by atoms with Crippen LogP contribution in [0.15, 0.2) is 75.5 Å². The summed E-state index contributed by atoms with van der Waals surface area (Å²) in [6, 6.07) is 22.1. The van der Waals surface area contributed by atoms with Crippen LogP contribution in [-0.2, 0) is 10.5 Å². The van der Waals surface area contributed by atoms with E-state index in [0.29, 0.717) is 23.7 Å². The molecule has 0 atom stereocenters. The van der Waals surface area contributed by atoms with Crippen molar-refractivity contribution in [2.24, 2.45) is 0 Å². The highest BCUT2D eigenvalue weighted by molar-refractivity contribution is 9.10. The van der Waals surface area contributed by atoms with Gasteiger partial charge in [-0.15, -0.1) is 11.3 Å². The summed E-state index contributed by atoms with van der Waals surface area (Å²) in [4.78, 5) is 18.0. The van der Waals surface area contributed by atoms with Crippen LogP contribution in [0.2, 0.25) is 0 Å². The largest absolute Gasteiger partial charge is 0.496 e. The van der Waals surface area contributed by atoms with Crippen molar-refractivity contribution in [3.05, 3.63) is 82.5 Å². The summed E-state index contributed by atoms with van der Waals surface area (Å²) in [6.07, 6.45) is 0. The second-order valence-electron chi connectivity index (χ2n) is 7.45. The van der Waals surface area contributed by atoms with Crippen molar-refractivity contribution in [2.75, 3.05) is 13.7 Å². The average molecular weight is 554 g/mol. The molecule has 0 aliphatic rings. The molecular formula is C26H21BrN2O3S2. The topological polar surface area (TPSA) is 53.3 Å². The zero-order valence-corrected chi connectivity index (χ0v) is 21.8. The molecular weight excluding hydrogens is 532 g/mol. The van der Waals surface area contributed by atoms with Gasteiger partial charge in [-0.2, -0.15) is 0 Å². The molecule has 0 unspecified atom stereocenters. The predicted molar refractivity (Wildman–Crippen MR) is 143 cm³/mol. The first kappa shape index (κ1) is 23.0. The minimum absolute atomic E-state index is 0.301. The van der Waals surface area contributed by atoms with E-state index in [-0.39, 0.29) is 5.97 Å². The van der Waals surface area contributed by atoms with Gasteiger partial charge in [0, 0.05) is 22.5 Å². The number of carbonyl (C=O) groups excluding carboxylic acids is 1. The second-order valence-corrected chi connectivity index (χ2v) is 10.6. The number of thiazole rings is 1. The minimum atomic E-state index is -0.341. The summed E-state index contributed by atoms with van der Waals surface area (Å²) in [5, 5.41) is 0.794. The molecule has 5 aromatic rings. The molecule has 8 heteroatoms. The second kappa shape index (κ2) is 9.82. The van der Waals surface area contributed by atoms with Crippen molar-refractivity contribution < 1.29 is 14.3 Å². The number of para-hydroxylation sites is 2. The van der Waals surface area contributed by atoms with Crippen molar-refractivity contribution in [3.8, 4) is 11.4 Å².